The summed E-state index contributed by atoms with van der Waals surface area (Å²) in [7, 11) is 1.63. The van der Waals surface area contributed by atoms with E-state index in [2.05, 4.69) is 4.98 Å². The molecule has 7 heteroatoms. The zero-order valence-corrected chi connectivity index (χ0v) is 17.6. The average Bonchev–Trinajstić information content (AvgIpc) is 2.78. The number of fused-ring (bicyclic) bond motifs is 1. The molecule has 152 valence electrons. The summed E-state index contributed by atoms with van der Waals surface area (Å²) < 4.78 is 12.6. The van der Waals surface area contributed by atoms with Crippen LogP contribution in [0.5, 0.6) is 11.5 Å². The molecule has 0 saturated carbocycles. The van der Waals surface area contributed by atoms with Crippen molar-refractivity contribution in [3.05, 3.63) is 82.8 Å². The van der Waals surface area contributed by atoms with E-state index in [4.69, 9.17) is 14.5 Å². The molecule has 4 rings (SSSR count). The van der Waals surface area contributed by atoms with Crippen LogP contribution in [0, 0.1) is 6.92 Å². The van der Waals surface area contributed by atoms with Gasteiger partial charge in [0.25, 0.3) is 5.56 Å². The van der Waals surface area contributed by atoms with Crippen molar-refractivity contribution < 1.29 is 9.47 Å². The Morgan fingerprint density at radius 1 is 1.00 bits per heavy atom. The first-order valence-corrected chi connectivity index (χ1v) is 10.5. The lowest BCUT2D eigenvalue weighted by Gasteiger charge is -2.14. The second kappa shape index (κ2) is 9.00. The number of methoxy groups -OCH3 is 1. The van der Waals surface area contributed by atoms with Crippen LogP contribution < -0.4 is 15.0 Å². The van der Waals surface area contributed by atoms with E-state index >= 15 is 0 Å². The summed E-state index contributed by atoms with van der Waals surface area (Å²) in [5.74, 6) is 2.77. The molecule has 2 heterocycles. The first-order chi connectivity index (χ1) is 14.7. The van der Waals surface area contributed by atoms with Crippen molar-refractivity contribution in [3.8, 4) is 17.3 Å². The van der Waals surface area contributed by atoms with E-state index in [9.17, 15) is 4.79 Å². The molecule has 0 N–H and O–H groups in total. The minimum absolute atomic E-state index is 0.124. The fourth-order valence-electron chi connectivity index (χ4n) is 3.07. The molecule has 6 nitrogen and oxygen atoms in total. The number of para-hydroxylation sites is 1. The van der Waals surface area contributed by atoms with E-state index < -0.39 is 0 Å². The van der Waals surface area contributed by atoms with Gasteiger partial charge in [0.1, 0.15) is 17.3 Å². The third kappa shape index (κ3) is 4.16. The summed E-state index contributed by atoms with van der Waals surface area (Å²) in [5, 5.41) is 1.17. The fraction of sp³-hybridized carbons (Fsp3) is 0.174. The topological polar surface area (TPSA) is 66.2 Å². The molecule has 0 amide bonds. The molecular weight excluding hydrogens is 398 g/mol. The second-order valence-corrected chi connectivity index (χ2v) is 7.63. The lowest BCUT2D eigenvalue weighted by atomic mass is 10.2. The summed E-state index contributed by atoms with van der Waals surface area (Å²) in [6.45, 7) is 2.41. The Morgan fingerprint density at radius 2 is 1.77 bits per heavy atom. The van der Waals surface area contributed by atoms with Gasteiger partial charge < -0.3 is 9.47 Å². The number of aryl methyl sites for hydroxylation is 1. The van der Waals surface area contributed by atoms with Gasteiger partial charge in [-0.15, -0.1) is 0 Å². The molecule has 0 bridgehead atoms. The van der Waals surface area contributed by atoms with Gasteiger partial charge in [0.2, 0.25) is 0 Å². The van der Waals surface area contributed by atoms with Crippen LogP contribution in [-0.4, -0.2) is 34.0 Å². The van der Waals surface area contributed by atoms with Crippen LogP contribution in [-0.2, 0) is 0 Å². The second-order valence-electron chi connectivity index (χ2n) is 6.57. The van der Waals surface area contributed by atoms with Gasteiger partial charge in [-0.3, -0.25) is 4.79 Å². The standard InChI is InChI=1S/C23H21N3O3S/c1-16-6-5-13-24-21(16)26-22(27)19-7-3-4-8-20(19)25-23(26)30-15-14-29-18-11-9-17(28-2)10-12-18/h3-13H,14-15H2,1-2H3. The largest absolute Gasteiger partial charge is 0.497 e. The van der Waals surface area contributed by atoms with Crippen LogP contribution in [0.4, 0.5) is 0 Å². The molecule has 2 aromatic heterocycles. The first kappa shape index (κ1) is 20.0. The summed E-state index contributed by atoms with van der Waals surface area (Å²) in [4.78, 5) is 22.4. The molecule has 0 aliphatic heterocycles. The van der Waals surface area contributed by atoms with Gasteiger partial charge in [-0.2, -0.15) is 0 Å². The smallest absolute Gasteiger partial charge is 0.267 e. The maximum absolute atomic E-state index is 13.2. The van der Waals surface area contributed by atoms with Crippen molar-refractivity contribution in [2.45, 2.75) is 12.1 Å². The van der Waals surface area contributed by atoms with Gasteiger partial charge in [0.15, 0.2) is 5.16 Å². The predicted octanol–water partition coefficient (Wildman–Crippen LogP) is 4.27. The van der Waals surface area contributed by atoms with Gasteiger partial charge in [-0.05, 0) is 55.0 Å². The molecule has 4 aromatic rings. The van der Waals surface area contributed by atoms with Crippen LogP contribution in [0.3, 0.4) is 0 Å². The molecule has 0 unspecified atom stereocenters. The van der Waals surface area contributed by atoms with E-state index in [-0.39, 0.29) is 5.56 Å². The summed E-state index contributed by atoms with van der Waals surface area (Å²) in [6.07, 6.45) is 1.69. The van der Waals surface area contributed by atoms with Crippen molar-refractivity contribution in [2.24, 2.45) is 0 Å². The third-order valence-corrected chi connectivity index (χ3v) is 5.48. The first-order valence-electron chi connectivity index (χ1n) is 9.51. The number of thioether (sulfide) groups is 1. The van der Waals surface area contributed by atoms with Crippen LogP contribution in [0.1, 0.15) is 5.56 Å². The number of pyridine rings is 1. The lowest BCUT2D eigenvalue weighted by molar-refractivity contribution is 0.342. The van der Waals surface area contributed by atoms with Crippen molar-refractivity contribution >= 4 is 22.7 Å². The Bertz CT molecular complexity index is 1220. The Hall–Kier alpha value is -3.32. The highest BCUT2D eigenvalue weighted by molar-refractivity contribution is 7.99. The van der Waals surface area contributed by atoms with Crippen molar-refractivity contribution in [3.63, 3.8) is 0 Å². The van der Waals surface area contributed by atoms with Gasteiger partial charge in [-0.25, -0.2) is 14.5 Å². The minimum Gasteiger partial charge on any atom is -0.497 e. The Labute approximate surface area is 178 Å². The maximum atomic E-state index is 13.2. The van der Waals surface area contributed by atoms with Crippen LogP contribution in [0.15, 0.2) is 76.8 Å². The molecule has 0 radical (unpaired) electrons. The molecule has 0 spiro atoms. The Kier molecular flexibility index (Phi) is 5.99. The SMILES string of the molecule is COc1ccc(OCCSc2nc3ccccc3c(=O)n2-c2ncccc2C)cc1. The van der Waals surface area contributed by atoms with Crippen molar-refractivity contribution in [1.29, 1.82) is 0 Å². The molecule has 0 aliphatic carbocycles. The van der Waals surface area contributed by atoms with Crippen molar-refractivity contribution in [2.75, 3.05) is 19.5 Å². The van der Waals surface area contributed by atoms with Gasteiger partial charge in [0.05, 0.1) is 24.6 Å². The lowest BCUT2D eigenvalue weighted by Crippen LogP contribution is -2.23. The van der Waals surface area contributed by atoms with Crippen molar-refractivity contribution in [1.82, 2.24) is 14.5 Å². The molecule has 2 aromatic carbocycles. The monoisotopic (exact) mass is 419 g/mol. The van der Waals surface area contributed by atoms with Gasteiger partial charge in [0, 0.05) is 11.9 Å². The average molecular weight is 420 g/mol. The highest BCUT2D eigenvalue weighted by Gasteiger charge is 2.15. The van der Waals surface area contributed by atoms with Crippen LogP contribution in [0.25, 0.3) is 16.7 Å². The zero-order valence-electron chi connectivity index (χ0n) is 16.7. The molecule has 0 aliphatic rings. The maximum Gasteiger partial charge on any atom is 0.267 e. The zero-order chi connectivity index (χ0) is 20.9. The number of ether oxygens (including phenoxy) is 2. The Balaban J connectivity index is 1.60. The number of rotatable bonds is 7. The number of aromatic nitrogens is 3. The third-order valence-electron chi connectivity index (χ3n) is 4.58. The quantitative estimate of drug-likeness (QED) is 0.253. The van der Waals surface area contributed by atoms with Crippen LogP contribution in [0.2, 0.25) is 0 Å². The van der Waals surface area contributed by atoms with Gasteiger partial charge in [-0.1, -0.05) is 30.0 Å². The van der Waals surface area contributed by atoms with Crippen LogP contribution >= 0.6 is 11.8 Å². The minimum atomic E-state index is -0.124. The summed E-state index contributed by atoms with van der Waals surface area (Å²) in [6, 6.07) is 18.6. The highest BCUT2D eigenvalue weighted by Crippen LogP contribution is 2.22. The molecule has 30 heavy (non-hydrogen) atoms. The Morgan fingerprint density at radius 3 is 2.53 bits per heavy atom. The molecule has 0 saturated heterocycles. The summed E-state index contributed by atoms with van der Waals surface area (Å²) >= 11 is 1.47. The fourth-order valence-corrected chi connectivity index (χ4v) is 3.88. The number of nitrogens with zero attached hydrogens (tertiary/aromatic N) is 3. The summed E-state index contributed by atoms with van der Waals surface area (Å²) in [5.41, 5.74) is 1.46. The number of benzene rings is 2. The van der Waals surface area contributed by atoms with E-state index in [1.165, 1.54) is 11.8 Å². The van der Waals surface area contributed by atoms with E-state index in [0.717, 1.165) is 17.1 Å². The van der Waals surface area contributed by atoms with E-state index in [1.807, 2.05) is 61.5 Å². The number of hydrogen-bond donors (Lipinski definition) is 0. The predicted molar refractivity (Wildman–Crippen MR) is 119 cm³/mol. The van der Waals surface area contributed by atoms with E-state index in [0.29, 0.717) is 34.2 Å². The highest BCUT2D eigenvalue weighted by atomic mass is 32.2. The molecule has 0 atom stereocenters. The normalized spacial score (nSPS) is 10.9. The van der Waals surface area contributed by atoms with Gasteiger partial charge >= 0.3 is 0 Å². The number of hydrogen-bond acceptors (Lipinski definition) is 6. The van der Waals surface area contributed by atoms with E-state index in [1.54, 1.807) is 23.9 Å². The molecular formula is C23H21N3O3S. The molecule has 0 fully saturated rings.